The Morgan fingerprint density at radius 3 is 2.44 bits per heavy atom. The molecule has 0 aliphatic rings. The van der Waals surface area contributed by atoms with Gasteiger partial charge >= 0.3 is 5.97 Å². The van der Waals surface area contributed by atoms with Gasteiger partial charge in [0.2, 0.25) is 0 Å². The van der Waals surface area contributed by atoms with Gasteiger partial charge in [0.05, 0.1) is 5.56 Å². The highest BCUT2D eigenvalue weighted by Crippen LogP contribution is 2.12. The molecule has 0 heterocycles. The van der Waals surface area contributed by atoms with Gasteiger partial charge in [-0.05, 0) is 24.1 Å². The smallest absolute Gasteiger partial charge is 0.326 e. The number of carbonyl (C=O) groups excluding carboxylic acids is 1. The van der Waals surface area contributed by atoms with E-state index in [1.54, 1.807) is 13.8 Å². The van der Waals surface area contributed by atoms with E-state index in [1.165, 1.54) is 12.1 Å². The monoisotopic (exact) mass is 254 g/mol. The van der Waals surface area contributed by atoms with Gasteiger partial charge in [-0.15, -0.1) is 0 Å². The number of carboxylic acid groups (broad SMARTS) is 1. The summed E-state index contributed by atoms with van der Waals surface area (Å²) in [5.41, 5.74) is 5.33. The molecule has 0 aliphatic heterocycles. The lowest BCUT2D eigenvalue weighted by Crippen LogP contribution is -2.44. The Balaban J connectivity index is 2.91. The van der Waals surface area contributed by atoms with Gasteiger partial charge in [0.15, 0.2) is 0 Å². The predicted molar refractivity (Wildman–Crippen MR) is 64.5 cm³/mol. The molecule has 0 saturated heterocycles. The van der Waals surface area contributed by atoms with Gasteiger partial charge in [-0.3, -0.25) is 4.79 Å². The summed E-state index contributed by atoms with van der Waals surface area (Å²) in [5.74, 6) is -3.01. The molecule has 4 N–H and O–H groups in total. The van der Waals surface area contributed by atoms with Gasteiger partial charge in [0.25, 0.3) is 5.91 Å². The zero-order chi connectivity index (χ0) is 13.9. The van der Waals surface area contributed by atoms with E-state index < -0.39 is 23.7 Å². The van der Waals surface area contributed by atoms with E-state index in [0.29, 0.717) is 0 Å². The fourth-order valence-electron chi connectivity index (χ4n) is 1.45. The Morgan fingerprint density at radius 2 is 2.00 bits per heavy atom. The van der Waals surface area contributed by atoms with E-state index in [-0.39, 0.29) is 17.2 Å². The second-order valence-electron chi connectivity index (χ2n) is 4.27. The lowest BCUT2D eigenvalue weighted by atomic mass is 10.0. The largest absolute Gasteiger partial charge is 0.480 e. The van der Waals surface area contributed by atoms with Crippen LogP contribution >= 0.6 is 0 Å². The number of hydrogen-bond acceptors (Lipinski definition) is 3. The molecule has 0 aromatic heterocycles. The molecule has 0 unspecified atom stereocenters. The lowest BCUT2D eigenvalue weighted by molar-refractivity contribution is -0.140. The summed E-state index contributed by atoms with van der Waals surface area (Å²) in [6.45, 7) is 3.30. The minimum absolute atomic E-state index is 0.197. The lowest BCUT2D eigenvalue weighted by Gasteiger charge is -2.18. The van der Waals surface area contributed by atoms with E-state index in [1.807, 2.05) is 0 Å². The fourth-order valence-corrected chi connectivity index (χ4v) is 1.45. The van der Waals surface area contributed by atoms with Crippen LogP contribution in [0, 0.1) is 11.7 Å². The fraction of sp³-hybridized carbons (Fsp3) is 0.333. The number of rotatable bonds is 4. The summed E-state index contributed by atoms with van der Waals surface area (Å²) in [4.78, 5) is 22.7. The maximum absolute atomic E-state index is 13.5. The summed E-state index contributed by atoms with van der Waals surface area (Å²) < 4.78 is 13.5. The number of anilines is 1. The molecule has 1 rings (SSSR count). The quantitative estimate of drug-likeness (QED) is 0.705. The van der Waals surface area contributed by atoms with Crippen LogP contribution in [-0.2, 0) is 4.79 Å². The molecule has 18 heavy (non-hydrogen) atoms. The van der Waals surface area contributed by atoms with Gasteiger partial charge < -0.3 is 16.2 Å². The highest BCUT2D eigenvalue weighted by Gasteiger charge is 2.25. The summed E-state index contributed by atoms with van der Waals surface area (Å²) in [6.07, 6.45) is 0. The van der Waals surface area contributed by atoms with Gasteiger partial charge in [-0.1, -0.05) is 13.8 Å². The minimum Gasteiger partial charge on any atom is -0.480 e. The number of halogens is 1. The standard InChI is InChI=1S/C12H15FN2O3/c1-6(2)10(12(17)18)15-11(16)8-4-3-7(14)5-9(8)13/h3-6,10H,14H2,1-2H3,(H,15,16)(H,17,18)/t10-/m1/s1. The van der Waals surface area contributed by atoms with Crippen molar-refractivity contribution in [3.8, 4) is 0 Å². The van der Waals surface area contributed by atoms with Crippen molar-refractivity contribution >= 4 is 17.6 Å². The molecule has 1 aromatic carbocycles. The Kier molecular flexibility index (Phi) is 4.25. The number of hydrogen-bond donors (Lipinski definition) is 3. The topological polar surface area (TPSA) is 92.4 Å². The van der Waals surface area contributed by atoms with Gasteiger partial charge in [0.1, 0.15) is 11.9 Å². The minimum atomic E-state index is -1.16. The second kappa shape index (κ2) is 5.48. The molecule has 1 aromatic rings. The average Bonchev–Trinajstić information content (AvgIpc) is 2.24. The Hall–Kier alpha value is -2.11. The van der Waals surface area contributed by atoms with Crippen molar-refractivity contribution in [1.29, 1.82) is 0 Å². The Morgan fingerprint density at radius 1 is 1.39 bits per heavy atom. The molecule has 0 fully saturated rings. The zero-order valence-corrected chi connectivity index (χ0v) is 10.1. The first kappa shape index (κ1) is 14.0. The highest BCUT2D eigenvalue weighted by atomic mass is 19.1. The van der Waals surface area contributed by atoms with Crippen LogP contribution in [0.1, 0.15) is 24.2 Å². The second-order valence-corrected chi connectivity index (χ2v) is 4.27. The molecule has 1 amide bonds. The number of carboxylic acids is 1. The van der Waals surface area contributed by atoms with Crippen molar-refractivity contribution in [2.24, 2.45) is 5.92 Å². The van der Waals surface area contributed by atoms with Gasteiger partial charge in [0, 0.05) is 5.69 Å². The van der Waals surface area contributed by atoms with Gasteiger partial charge in [-0.25, -0.2) is 9.18 Å². The van der Waals surface area contributed by atoms with Crippen LogP contribution in [0.3, 0.4) is 0 Å². The summed E-state index contributed by atoms with van der Waals surface area (Å²) >= 11 is 0. The van der Waals surface area contributed by atoms with Crippen LogP contribution in [0.2, 0.25) is 0 Å². The van der Waals surface area contributed by atoms with E-state index in [2.05, 4.69) is 5.32 Å². The maximum atomic E-state index is 13.5. The van der Waals surface area contributed by atoms with Crippen LogP contribution in [0.25, 0.3) is 0 Å². The molecule has 0 saturated carbocycles. The number of nitrogens with one attached hydrogen (secondary N) is 1. The molecular weight excluding hydrogens is 239 g/mol. The van der Waals surface area contributed by atoms with Crippen LogP contribution in [-0.4, -0.2) is 23.0 Å². The first-order valence-corrected chi connectivity index (χ1v) is 5.41. The molecule has 0 radical (unpaired) electrons. The molecule has 0 bridgehead atoms. The average molecular weight is 254 g/mol. The molecular formula is C12H15FN2O3. The Labute approximate surface area is 104 Å². The van der Waals surface area contributed by atoms with Crippen molar-refractivity contribution in [2.45, 2.75) is 19.9 Å². The number of nitrogens with two attached hydrogens (primary N) is 1. The number of nitrogen functional groups attached to an aromatic ring is 1. The normalized spacial score (nSPS) is 12.2. The van der Waals surface area contributed by atoms with E-state index >= 15 is 0 Å². The van der Waals surface area contributed by atoms with Crippen molar-refractivity contribution in [3.05, 3.63) is 29.6 Å². The number of aliphatic carboxylic acids is 1. The molecule has 6 heteroatoms. The SMILES string of the molecule is CC(C)[C@@H](NC(=O)c1ccc(N)cc1F)C(=O)O. The van der Waals surface area contributed by atoms with Crippen LogP contribution in [0.5, 0.6) is 0 Å². The molecule has 0 aliphatic carbocycles. The zero-order valence-electron chi connectivity index (χ0n) is 10.1. The summed E-state index contributed by atoms with van der Waals surface area (Å²) in [7, 11) is 0. The van der Waals surface area contributed by atoms with E-state index in [0.717, 1.165) is 6.07 Å². The predicted octanol–water partition coefficient (Wildman–Crippen LogP) is 1.25. The van der Waals surface area contributed by atoms with Crippen LogP contribution < -0.4 is 11.1 Å². The molecule has 98 valence electrons. The van der Waals surface area contributed by atoms with Crippen molar-refractivity contribution < 1.29 is 19.1 Å². The molecule has 0 spiro atoms. The third kappa shape index (κ3) is 3.19. The molecule has 1 atom stereocenters. The third-order valence-electron chi connectivity index (χ3n) is 2.46. The first-order chi connectivity index (χ1) is 8.32. The van der Waals surface area contributed by atoms with Crippen molar-refractivity contribution in [2.75, 3.05) is 5.73 Å². The maximum Gasteiger partial charge on any atom is 0.326 e. The van der Waals surface area contributed by atoms with E-state index in [4.69, 9.17) is 10.8 Å². The van der Waals surface area contributed by atoms with Crippen LogP contribution in [0.4, 0.5) is 10.1 Å². The number of carbonyl (C=O) groups is 2. The molecule has 5 nitrogen and oxygen atoms in total. The third-order valence-corrected chi connectivity index (χ3v) is 2.46. The number of amides is 1. The van der Waals surface area contributed by atoms with Gasteiger partial charge in [-0.2, -0.15) is 0 Å². The van der Waals surface area contributed by atoms with Crippen molar-refractivity contribution in [3.63, 3.8) is 0 Å². The van der Waals surface area contributed by atoms with Crippen molar-refractivity contribution in [1.82, 2.24) is 5.32 Å². The van der Waals surface area contributed by atoms with Crippen LogP contribution in [0.15, 0.2) is 18.2 Å². The summed E-state index contributed by atoms with van der Waals surface area (Å²) in [6, 6.07) is 2.55. The first-order valence-electron chi connectivity index (χ1n) is 5.41. The Bertz CT molecular complexity index is 474. The highest BCUT2D eigenvalue weighted by molar-refractivity contribution is 5.97. The summed E-state index contributed by atoms with van der Waals surface area (Å²) in [5, 5.41) is 11.2. The van der Waals surface area contributed by atoms with E-state index in [9.17, 15) is 14.0 Å². The number of benzene rings is 1.